The second kappa shape index (κ2) is 14.6. The molecule has 3 aromatic carbocycles. The average Bonchev–Trinajstić information content (AvgIpc) is 3.67. The van der Waals surface area contributed by atoms with Crippen molar-refractivity contribution in [3.63, 3.8) is 0 Å². The minimum absolute atomic E-state index is 0.0793. The molecule has 5 amide bonds. The van der Waals surface area contributed by atoms with Crippen LogP contribution in [0.25, 0.3) is 0 Å². The van der Waals surface area contributed by atoms with Crippen LogP contribution in [0.4, 0.5) is 21.1 Å². The van der Waals surface area contributed by atoms with Crippen molar-refractivity contribution in [3.8, 4) is 0 Å². The van der Waals surface area contributed by atoms with Crippen molar-refractivity contribution in [1.82, 2.24) is 20.1 Å². The Bertz CT molecular complexity index is 2290. The maximum absolute atomic E-state index is 14.5. The number of fused-ring (bicyclic) bond motifs is 3. The summed E-state index contributed by atoms with van der Waals surface area (Å²) in [7, 11) is 1.66. The third-order valence-electron chi connectivity index (χ3n) is 11.7. The first-order valence-corrected chi connectivity index (χ1v) is 19.6. The summed E-state index contributed by atoms with van der Waals surface area (Å²) in [6.45, 7) is 5.71. The molecule has 1 aromatic heterocycles. The summed E-state index contributed by atoms with van der Waals surface area (Å²) < 4.78 is 11.0. The molecule has 4 aromatic rings. The monoisotopic (exact) mass is 784 g/mol. The van der Waals surface area contributed by atoms with Crippen molar-refractivity contribution in [2.24, 2.45) is 5.41 Å². The number of hydrogen-bond acceptors (Lipinski definition) is 8. The molecule has 300 valence electrons. The van der Waals surface area contributed by atoms with Crippen molar-refractivity contribution in [3.05, 3.63) is 125 Å². The number of benzene rings is 3. The quantitative estimate of drug-likeness (QED) is 0.161. The van der Waals surface area contributed by atoms with Gasteiger partial charge in [0.05, 0.1) is 10.8 Å². The predicted octanol–water partition coefficient (Wildman–Crippen LogP) is 6.25. The zero-order chi connectivity index (χ0) is 40.9. The third-order valence-corrected chi connectivity index (χ3v) is 11.7. The van der Waals surface area contributed by atoms with E-state index in [9.17, 15) is 24.0 Å². The highest BCUT2D eigenvalue weighted by Gasteiger charge is 2.73. The van der Waals surface area contributed by atoms with Crippen molar-refractivity contribution < 1.29 is 33.4 Å². The smallest absolute Gasteiger partial charge is 0.410 e. The Morgan fingerprint density at radius 3 is 2.28 bits per heavy atom. The molecule has 2 heterocycles. The minimum atomic E-state index is -0.740. The zero-order valence-electron chi connectivity index (χ0n) is 33.2. The highest BCUT2D eigenvalue weighted by atomic mass is 16.6. The van der Waals surface area contributed by atoms with Crippen molar-refractivity contribution >= 4 is 41.4 Å². The van der Waals surface area contributed by atoms with Gasteiger partial charge in [0.25, 0.3) is 0 Å². The lowest BCUT2D eigenvalue weighted by atomic mass is 9.39. The molecule has 4 aliphatic carbocycles. The summed E-state index contributed by atoms with van der Waals surface area (Å²) >= 11 is 0. The van der Waals surface area contributed by atoms with Gasteiger partial charge in [0.15, 0.2) is 0 Å². The number of anilines is 2. The van der Waals surface area contributed by atoms with Gasteiger partial charge in [-0.05, 0) is 98.9 Å². The fourth-order valence-electron chi connectivity index (χ4n) is 9.11. The Balaban J connectivity index is 0.968. The van der Waals surface area contributed by atoms with Gasteiger partial charge in [-0.15, -0.1) is 0 Å². The van der Waals surface area contributed by atoms with Crippen LogP contribution in [0.5, 0.6) is 0 Å². The first-order chi connectivity index (χ1) is 27.6. The number of alkyl carbamates (subject to hydrolysis) is 1. The van der Waals surface area contributed by atoms with Gasteiger partial charge in [-0.2, -0.15) is 0 Å². The van der Waals surface area contributed by atoms with Crippen LogP contribution < -0.4 is 16.0 Å². The number of nitrogens with zero attached hydrogens (tertiary/aromatic N) is 3. The molecule has 0 radical (unpaired) electrons. The van der Waals surface area contributed by atoms with Crippen molar-refractivity contribution in [2.45, 2.75) is 89.1 Å². The van der Waals surface area contributed by atoms with Crippen LogP contribution >= 0.6 is 0 Å². The van der Waals surface area contributed by atoms with Gasteiger partial charge in [-0.25, -0.2) is 14.6 Å². The Hall–Kier alpha value is -6.24. The molecule has 1 aliphatic heterocycles. The van der Waals surface area contributed by atoms with E-state index in [0.717, 1.165) is 33.4 Å². The molecule has 3 saturated carbocycles. The molecular formula is C45H48N6O7. The molecule has 13 heteroatoms. The molecule has 3 fully saturated rings. The Kier molecular flexibility index (Phi) is 9.73. The number of nitrogens with one attached hydrogen (secondary N) is 3. The van der Waals surface area contributed by atoms with E-state index in [1.807, 2.05) is 106 Å². The summed E-state index contributed by atoms with van der Waals surface area (Å²) in [6.07, 6.45) is 3.01. The lowest BCUT2D eigenvalue weighted by Crippen LogP contribution is -2.78. The van der Waals surface area contributed by atoms with Crippen LogP contribution in [0.2, 0.25) is 0 Å². The van der Waals surface area contributed by atoms with Gasteiger partial charge in [-0.3, -0.25) is 14.4 Å². The minimum Gasteiger partial charge on any atom is -0.445 e. The van der Waals surface area contributed by atoms with E-state index in [2.05, 4.69) is 20.9 Å². The molecule has 9 rings (SSSR count). The van der Waals surface area contributed by atoms with E-state index in [4.69, 9.17) is 9.47 Å². The van der Waals surface area contributed by atoms with Gasteiger partial charge in [0, 0.05) is 43.1 Å². The van der Waals surface area contributed by atoms with Gasteiger partial charge >= 0.3 is 12.2 Å². The summed E-state index contributed by atoms with van der Waals surface area (Å²) in [6, 6.07) is 26.4. The molecule has 0 unspecified atom stereocenters. The Morgan fingerprint density at radius 2 is 1.55 bits per heavy atom. The number of carbonyl (C=O) groups is 5. The number of pyridine rings is 1. The Morgan fingerprint density at radius 1 is 0.862 bits per heavy atom. The van der Waals surface area contributed by atoms with Gasteiger partial charge in [-0.1, -0.05) is 66.7 Å². The summed E-state index contributed by atoms with van der Waals surface area (Å²) in [5.74, 6) is -0.0365. The van der Waals surface area contributed by atoms with E-state index < -0.39 is 34.2 Å². The first-order valence-electron chi connectivity index (χ1n) is 19.6. The zero-order valence-corrected chi connectivity index (χ0v) is 33.2. The summed E-state index contributed by atoms with van der Waals surface area (Å²) in [5, 5.41) is 8.93. The van der Waals surface area contributed by atoms with Gasteiger partial charge in [0.2, 0.25) is 17.7 Å². The highest BCUT2D eigenvalue weighted by Crippen LogP contribution is 2.68. The van der Waals surface area contributed by atoms with E-state index in [0.29, 0.717) is 43.6 Å². The lowest BCUT2D eigenvalue weighted by Gasteiger charge is -2.69. The molecule has 13 nitrogen and oxygen atoms in total. The second-order valence-electron chi connectivity index (χ2n) is 17.4. The van der Waals surface area contributed by atoms with E-state index in [-0.39, 0.29) is 44.0 Å². The third kappa shape index (κ3) is 7.48. The van der Waals surface area contributed by atoms with E-state index in [1.54, 1.807) is 18.1 Å². The molecule has 1 atom stereocenters. The topological polar surface area (TPSA) is 159 Å². The fraction of sp³-hybridized carbons (Fsp3) is 0.378. The maximum atomic E-state index is 14.5. The lowest BCUT2D eigenvalue weighted by molar-refractivity contribution is -0.190. The normalized spacial score (nSPS) is 22.0. The molecule has 5 aliphatic rings. The van der Waals surface area contributed by atoms with Crippen LogP contribution in [0.1, 0.15) is 73.4 Å². The molecule has 3 N–H and O–H groups in total. The van der Waals surface area contributed by atoms with Gasteiger partial charge in [0.1, 0.15) is 24.6 Å². The summed E-state index contributed by atoms with van der Waals surface area (Å²) in [4.78, 5) is 74.7. The summed E-state index contributed by atoms with van der Waals surface area (Å²) in [5.41, 5.74) is 3.27. The number of hydrogen-bond donors (Lipinski definition) is 3. The number of aromatic nitrogens is 1. The second-order valence-corrected chi connectivity index (χ2v) is 17.4. The van der Waals surface area contributed by atoms with Crippen LogP contribution in [-0.4, -0.2) is 69.4 Å². The van der Waals surface area contributed by atoms with Crippen LogP contribution in [0.15, 0.2) is 91.1 Å². The molecule has 0 saturated heterocycles. The molecule has 58 heavy (non-hydrogen) atoms. The van der Waals surface area contributed by atoms with Crippen LogP contribution in [0, 0.1) is 5.41 Å². The number of rotatable bonds is 11. The molecular weight excluding hydrogens is 737 g/mol. The van der Waals surface area contributed by atoms with E-state index >= 15 is 0 Å². The van der Waals surface area contributed by atoms with Crippen molar-refractivity contribution in [1.29, 1.82) is 0 Å². The van der Waals surface area contributed by atoms with Crippen LogP contribution in [-0.2, 0) is 61.8 Å². The highest BCUT2D eigenvalue weighted by molar-refractivity contribution is 6.06. The Labute approximate surface area is 337 Å². The number of amides is 5. The standard InChI is InChI=1S/C45H48N6O7/c1-42(2,3)58-41(56)50(4)22-31-13-8-9-14-32(31)23-51(39(54)43-26-44(27-43,28-43)49-40(55)57-25-29-11-6-5-7-12-29)24-36(52)47-34-17-16-30-20-45(21-33(30)19-34)35-15-10-18-46-37(35)48-38(45)53/h5-19H,20-28H2,1-4H3,(H,47,52)(H,49,55)(H,46,48,53)/t43?,44?,45-/m1/s1. The molecule has 2 bridgehead atoms. The molecule has 1 spiro atoms. The fourth-order valence-corrected chi connectivity index (χ4v) is 9.11. The van der Waals surface area contributed by atoms with Crippen molar-refractivity contribution in [2.75, 3.05) is 24.2 Å². The number of ether oxygens (including phenoxy) is 2. The van der Waals surface area contributed by atoms with E-state index in [1.165, 1.54) is 4.90 Å². The maximum Gasteiger partial charge on any atom is 0.410 e. The SMILES string of the molecule is CN(Cc1ccccc1CN(CC(=O)Nc1ccc2c(c1)C[C@@]1(C2)C(=O)Nc2ncccc21)C(=O)C12CC(NC(=O)OCc3ccccc3)(C1)C2)C(=O)OC(C)(C)C. The van der Waals surface area contributed by atoms with Gasteiger partial charge < -0.3 is 35.2 Å². The first kappa shape index (κ1) is 38.6. The van der Waals surface area contributed by atoms with Crippen LogP contribution in [0.3, 0.4) is 0 Å². The number of carbonyl (C=O) groups excluding carboxylic acids is 5. The largest absolute Gasteiger partial charge is 0.445 e. The average molecular weight is 785 g/mol. The predicted molar refractivity (Wildman–Crippen MR) is 215 cm³/mol.